The third-order valence-corrected chi connectivity index (χ3v) is 7.11. The van der Waals surface area contributed by atoms with E-state index >= 15 is 0 Å². The maximum atomic E-state index is 13.2. The van der Waals surface area contributed by atoms with Gasteiger partial charge in [-0.3, -0.25) is 14.5 Å². The number of aliphatic hydroxyl groups excluding tert-OH is 1. The number of hydrogen-bond donors (Lipinski definition) is 1. The maximum absolute atomic E-state index is 13.2. The highest BCUT2D eigenvalue weighted by Gasteiger charge is 2.48. The Bertz CT molecular complexity index is 1340. The van der Waals surface area contributed by atoms with E-state index in [0.717, 1.165) is 15.3 Å². The molecule has 1 N–H and O–H groups in total. The second-order valence-corrected chi connectivity index (χ2v) is 9.10. The van der Waals surface area contributed by atoms with E-state index in [2.05, 4.69) is 4.98 Å². The van der Waals surface area contributed by atoms with Gasteiger partial charge in [-0.1, -0.05) is 47.7 Å². The lowest BCUT2D eigenvalue weighted by Gasteiger charge is -2.21. The molecule has 1 aliphatic heterocycles. The molecule has 0 spiro atoms. The fourth-order valence-electron chi connectivity index (χ4n) is 3.75. The summed E-state index contributed by atoms with van der Waals surface area (Å²) in [4.78, 5) is 33.1. The molecule has 1 aliphatic rings. The Hall–Kier alpha value is -3.49. The number of nitrogens with zero attached hydrogens (tertiary/aromatic N) is 2. The summed E-state index contributed by atoms with van der Waals surface area (Å²) >= 11 is 2.73. The minimum atomic E-state index is -0.748. The summed E-state index contributed by atoms with van der Waals surface area (Å²) in [5.41, 5.74) is 1.26. The predicted octanol–water partition coefficient (Wildman–Crippen LogP) is 5.38. The summed E-state index contributed by atoms with van der Waals surface area (Å²) < 4.78 is 6.42. The number of aliphatic hydroxyl groups is 1. The van der Waals surface area contributed by atoms with E-state index in [-0.39, 0.29) is 11.3 Å². The number of hydrogen-bond acceptors (Lipinski definition) is 7. The average Bonchev–Trinajstić information content (AvgIpc) is 3.53. The SMILES string of the molecule is CCOc1ccc2nc(N3C(=O)C(=O)C(=C(O)c4ccccc4)C3c3cccs3)sc2c1. The molecule has 2 aromatic carbocycles. The van der Waals surface area contributed by atoms with Gasteiger partial charge in [0.05, 0.1) is 22.4 Å². The first-order valence-electron chi connectivity index (χ1n) is 10.0. The number of aromatic nitrogens is 1. The molecule has 8 heteroatoms. The third kappa shape index (κ3) is 3.37. The van der Waals surface area contributed by atoms with Crippen LogP contribution in [0.4, 0.5) is 5.13 Å². The van der Waals surface area contributed by atoms with Crippen LogP contribution in [0.1, 0.15) is 23.4 Å². The van der Waals surface area contributed by atoms with Crippen molar-refractivity contribution in [2.45, 2.75) is 13.0 Å². The highest BCUT2D eigenvalue weighted by molar-refractivity contribution is 7.22. The molecule has 0 aliphatic carbocycles. The van der Waals surface area contributed by atoms with Crippen molar-refractivity contribution in [3.05, 3.63) is 82.1 Å². The fourth-order valence-corrected chi connectivity index (χ4v) is 5.59. The first kappa shape index (κ1) is 20.4. The van der Waals surface area contributed by atoms with Gasteiger partial charge in [0.2, 0.25) is 0 Å². The number of amides is 1. The number of carbonyl (C=O) groups is 2. The zero-order chi connectivity index (χ0) is 22.2. The summed E-state index contributed by atoms with van der Waals surface area (Å²) in [5.74, 6) is -0.898. The number of carbonyl (C=O) groups excluding carboxylic acids is 2. The molecule has 5 rings (SSSR count). The number of thiophene rings is 1. The van der Waals surface area contributed by atoms with Crippen molar-refractivity contribution in [1.82, 2.24) is 4.98 Å². The zero-order valence-corrected chi connectivity index (χ0v) is 18.7. The van der Waals surface area contributed by atoms with Crippen molar-refractivity contribution in [1.29, 1.82) is 0 Å². The normalized spacial score (nSPS) is 17.9. The maximum Gasteiger partial charge on any atom is 0.301 e. The molecule has 6 nitrogen and oxygen atoms in total. The van der Waals surface area contributed by atoms with Crippen molar-refractivity contribution >= 4 is 55.5 Å². The number of thiazole rings is 1. The quantitative estimate of drug-likeness (QED) is 0.245. The van der Waals surface area contributed by atoms with Gasteiger partial charge in [-0.2, -0.15) is 0 Å². The molecule has 1 unspecified atom stereocenters. The van der Waals surface area contributed by atoms with Gasteiger partial charge in [-0.05, 0) is 36.6 Å². The van der Waals surface area contributed by atoms with Crippen LogP contribution in [0.25, 0.3) is 16.0 Å². The third-order valence-electron chi connectivity index (χ3n) is 5.17. The Balaban J connectivity index is 1.67. The lowest BCUT2D eigenvalue weighted by Crippen LogP contribution is -2.28. The van der Waals surface area contributed by atoms with E-state index in [4.69, 9.17) is 4.74 Å². The lowest BCUT2D eigenvalue weighted by molar-refractivity contribution is -0.132. The predicted molar refractivity (Wildman–Crippen MR) is 126 cm³/mol. The van der Waals surface area contributed by atoms with Crippen LogP contribution in [-0.2, 0) is 9.59 Å². The average molecular weight is 463 g/mol. The summed E-state index contributed by atoms with van der Waals surface area (Å²) in [6, 6.07) is 17.3. The molecule has 0 saturated carbocycles. The number of anilines is 1. The van der Waals surface area contributed by atoms with E-state index in [1.807, 2.05) is 48.7 Å². The van der Waals surface area contributed by atoms with Crippen molar-refractivity contribution in [3.63, 3.8) is 0 Å². The topological polar surface area (TPSA) is 79.7 Å². The molecule has 1 amide bonds. The number of benzene rings is 2. The summed E-state index contributed by atoms with van der Waals surface area (Å²) in [6.07, 6.45) is 0. The van der Waals surface area contributed by atoms with E-state index in [1.54, 1.807) is 24.3 Å². The lowest BCUT2D eigenvalue weighted by atomic mass is 10.00. The number of Topliss-reactive ketones (excluding diaryl/α,β-unsaturated/α-hetero) is 1. The molecule has 0 radical (unpaired) electrons. The minimum absolute atomic E-state index is 0.0675. The monoisotopic (exact) mass is 462 g/mol. The molecular weight excluding hydrogens is 444 g/mol. The fraction of sp³-hybridized carbons (Fsp3) is 0.125. The van der Waals surface area contributed by atoms with Gasteiger partial charge in [0.1, 0.15) is 17.6 Å². The summed E-state index contributed by atoms with van der Waals surface area (Å²) in [5, 5.41) is 13.3. The van der Waals surface area contributed by atoms with E-state index in [0.29, 0.717) is 22.8 Å². The van der Waals surface area contributed by atoms with E-state index < -0.39 is 17.7 Å². The Labute approximate surface area is 192 Å². The number of rotatable bonds is 5. The molecule has 4 aromatic rings. The van der Waals surface area contributed by atoms with Crippen molar-refractivity contribution < 1.29 is 19.4 Å². The smallest absolute Gasteiger partial charge is 0.301 e. The van der Waals surface area contributed by atoms with Crippen LogP contribution in [-0.4, -0.2) is 28.4 Å². The highest BCUT2D eigenvalue weighted by Crippen LogP contribution is 2.45. The Morgan fingerprint density at radius 3 is 2.66 bits per heavy atom. The van der Waals surface area contributed by atoms with Gasteiger partial charge < -0.3 is 9.84 Å². The van der Waals surface area contributed by atoms with Crippen LogP contribution < -0.4 is 9.64 Å². The molecule has 160 valence electrons. The number of ether oxygens (including phenoxy) is 1. The van der Waals surface area contributed by atoms with Crippen LogP contribution in [0.15, 0.2) is 71.6 Å². The Kier molecular flexibility index (Phi) is 5.24. The van der Waals surface area contributed by atoms with E-state index in [1.165, 1.54) is 27.6 Å². The largest absolute Gasteiger partial charge is 0.507 e. The van der Waals surface area contributed by atoms with Gasteiger partial charge in [0.15, 0.2) is 5.13 Å². The second-order valence-electron chi connectivity index (χ2n) is 7.11. The van der Waals surface area contributed by atoms with Crippen molar-refractivity contribution in [3.8, 4) is 5.75 Å². The first-order valence-corrected chi connectivity index (χ1v) is 11.7. The first-order chi connectivity index (χ1) is 15.6. The van der Waals surface area contributed by atoms with Crippen LogP contribution >= 0.6 is 22.7 Å². The van der Waals surface area contributed by atoms with Gasteiger partial charge in [-0.15, -0.1) is 11.3 Å². The Morgan fingerprint density at radius 2 is 1.94 bits per heavy atom. The molecule has 1 fully saturated rings. The standard InChI is InChI=1S/C24H18N2O4S2/c1-2-30-15-10-11-16-18(13-15)32-24(25-16)26-20(17-9-6-12-31-17)19(22(28)23(26)29)21(27)14-7-4-3-5-8-14/h3-13,20,27H,2H2,1H3. The summed E-state index contributed by atoms with van der Waals surface area (Å²) in [7, 11) is 0. The molecule has 2 aromatic heterocycles. The van der Waals surface area contributed by atoms with Crippen LogP contribution in [0.5, 0.6) is 5.75 Å². The minimum Gasteiger partial charge on any atom is -0.507 e. The van der Waals surface area contributed by atoms with Crippen LogP contribution in [0.2, 0.25) is 0 Å². The van der Waals surface area contributed by atoms with E-state index in [9.17, 15) is 14.7 Å². The molecule has 3 heterocycles. The van der Waals surface area contributed by atoms with Crippen LogP contribution in [0, 0.1) is 0 Å². The van der Waals surface area contributed by atoms with Gasteiger partial charge in [0, 0.05) is 10.4 Å². The van der Waals surface area contributed by atoms with Crippen LogP contribution in [0.3, 0.4) is 0 Å². The molecule has 32 heavy (non-hydrogen) atoms. The molecule has 1 atom stereocenters. The molecule has 1 saturated heterocycles. The second kappa shape index (κ2) is 8.22. The van der Waals surface area contributed by atoms with Gasteiger partial charge in [0.25, 0.3) is 5.78 Å². The highest BCUT2D eigenvalue weighted by atomic mass is 32.1. The Morgan fingerprint density at radius 1 is 1.12 bits per heavy atom. The number of ketones is 1. The van der Waals surface area contributed by atoms with Crippen molar-refractivity contribution in [2.24, 2.45) is 0 Å². The van der Waals surface area contributed by atoms with Crippen molar-refractivity contribution in [2.75, 3.05) is 11.5 Å². The number of fused-ring (bicyclic) bond motifs is 1. The van der Waals surface area contributed by atoms with Gasteiger partial charge in [-0.25, -0.2) is 4.98 Å². The molecular formula is C24H18N2O4S2. The molecule has 0 bridgehead atoms. The summed E-state index contributed by atoms with van der Waals surface area (Å²) in [6.45, 7) is 2.46. The zero-order valence-electron chi connectivity index (χ0n) is 17.0. The van der Waals surface area contributed by atoms with Gasteiger partial charge >= 0.3 is 5.91 Å².